The molecule has 1 fully saturated rings. The van der Waals surface area contributed by atoms with Gasteiger partial charge in [-0.25, -0.2) is 0 Å². The number of benzene rings is 1. The molecule has 18 heavy (non-hydrogen) atoms. The molecule has 1 aliphatic heterocycles. The molecule has 2 atom stereocenters. The molecule has 1 N–H and O–H groups in total. The number of halogens is 1. The number of hydrogen-bond donors (Lipinski definition) is 1. The molecule has 0 bridgehead atoms. The molecule has 0 saturated carbocycles. The molecule has 1 aromatic carbocycles. The zero-order valence-corrected chi connectivity index (χ0v) is 12.3. The van der Waals surface area contributed by atoms with Crippen molar-refractivity contribution in [3.63, 3.8) is 0 Å². The van der Waals surface area contributed by atoms with Gasteiger partial charge in [0, 0.05) is 23.1 Å². The highest BCUT2D eigenvalue weighted by Gasteiger charge is 2.30. The van der Waals surface area contributed by atoms with E-state index in [1.165, 1.54) is 18.4 Å². The standard InChI is InChI=1S/C15H23ClN2/c1-12(13-5-7-14(16)8-6-13)18(3)11-15(2)9-4-10-17-15/h5-8,12,17H,4,9-11H2,1-3H3. The summed E-state index contributed by atoms with van der Waals surface area (Å²) in [7, 11) is 2.20. The maximum Gasteiger partial charge on any atom is 0.0406 e. The van der Waals surface area contributed by atoms with E-state index in [0.717, 1.165) is 18.1 Å². The van der Waals surface area contributed by atoms with Crippen molar-refractivity contribution in [2.45, 2.75) is 38.3 Å². The van der Waals surface area contributed by atoms with Crippen LogP contribution in [-0.4, -0.2) is 30.6 Å². The Bertz CT molecular complexity index is 382. The van der Waals surface area contributed by atoms with Crippen molar-refractivity contribution in [3.8, 4) is 0 Å². The van der Waals surface area contributed by atoms with Gasteiger partial charge in [-0.2, -0.15) is 0 Å². The van der Waals surface area contributed by atoms with E-state index in [1.54, 1.807) is 0 Å². The van der Waals surface area contributed by atoms with E-state index in [2.05, 4.69) is 43.2 Å². The quantitative estimate of drug-likeness (QED) is 0.898. The first kappa shape index (κ1) is 13.9. The Hall–Kier alpha value is -0.570. The lowest BCUT2D eigenvalue weighted by atomic mass is 9.98. The lowest BCUT2D eigenvalue weighted by Crippen LogP contribution is -2.46. The predicted molar refractivity (Wildman–Crippen MR) is 78.1 cm³/mol. The first-order valence-corrected chi connectivity index (χ1v) is 7.09. The second-order valence-electron chi connectivity index (χ2n) is 5.73. The van der Waals surface area contributed by atoms with Gasteiger partial charge in [-0.15, -0.1) is 0 Å². The smallest absolute Gasteiger partial charge is 0.0406 e. The molecule has 1 heterocycles. The van der Waals surface area contributed by atoms with Gasteiger partial charge < -0.3 is 5.32 Å². The summed E-state index contributed by atoms with van der Waals surface area (Å²) in [6.45, 7) is 6.81. The van der Waals surface area contributed by atoms with Crippen molar-refractivity contribution in [3.05, 3.63) is 34.9 Å². The topological polar surface area (TPSA) is 15.3 Å². The molecule has 1 aromatic rings. The van der Waals surface area contributed by atoms with Crippen LogP contribution in [0.25, 0.3) is 0 Å². The van der Waals surface area contributed by atoms with E-state index in [0.29, 0.717) is 6.04 Å². The zero-order chi connectivity index (χ0) is 13.2. The van der Waals surface area contributed by atoms with Gasteiger partial charge in [0.15, 0.2) is 0 Å². The van der Waals surface area contributed by atoms with Gasteiger partial charge in [-0.3, -0.25) is 4.90 Å². The van der Waals surface area contributed by atoms with Crippen LogP contribution >= 0.6 is 11.6 Å². The van der Waals surface area contributed by atoms with Crippen molar-refractivity contribution < 1.29 is 0 Å². The summed E-state index contributed by atoms with van der Waals surface area (Å²) in [6.07, 6.45) is 2.56. The van der Waals surface area contributed by atoms with Crippen LogP contribution in [0.4, 0.5) is 0 Å². The Morgan fingerprint density at radius 1 is 1.39 bits per heavy atom. The fraction of sp³-hybridized carbons (Fsp3) is 0.600. The maximum atomic E-state index is 5.93. The fourth-order valence-electron chi connectivity index (χ4n) is 2.78. The first-order chi connectivity index (χ1) is 8.50. The van der Waals surface area contributed by atoms with Gasteiger partial charge in [0.25, 0.3) is 0 Å². The summed E-state index contributed by atoms with van der Waals surface area (Å²) in [5.41, 5.74) is 1.60. The van der Waals surface area contributed by atoms with Crippen LogP contribution in [0.15, 0.2) is 24.3 Å². The SMILES string of the molecule is CC(c1ccc(Cl)cc1)N(C)CC1(C)CCCN1. The lowest BCUT2D eigenvalue weighted by Gasteiger charge is -2.34. The number of rotatable bonds is 4. The molecule has 0 radical (unpaired) electrons. The Morgan fingerprint density at radius 2 is 2.06 bits per heavy atom. The maximum absolute atomic E-state index is 5.93. The summed E-state index contributed by atoms with van der Waals surface area (Å²) in [5, 5.41) is 4.42. The van der Waals surface area contributed by atoms with Crippen molar-refractivity contribution in [2.24, 2.45) is 0 Å². The van der Waals surface area contributed by atoms with Gasteiger partial charge in [-0.1, -0.05) is 23.7 Å². The zero-order valence-electron chi connectivity index (χ0n) is 11.5. The highest BCUT2D eigenvalue weighted by atomic mass is 35.5. The van der Waals surface area contributed by atoms with E-state index in [9.17, 15) is 0 Å². The van der Waals surface area contributed by atoms with Crippen molar-refractivity contribution in [2.75, 3.05) is 20.1 Å². The first-order valence-electron chi connectivity index (χ1n) is 6.71. The molecule has 0 amide bonds. The minimum atomic E-state index is 0.273. The van der Waals surface area contributed by atoms with Gasteiger partial charge in [0.05, 0.1) is 0 Å². The van der Waals surface area contributed by atoms with Crippen molar-refractivity contribution in [1.29, 1.82) is 0 Å². The van der Waals surface area contributed by atoms with Crippen LogP contribution in [0, 0.1) is 0 Å². The third-order valence-electron chi connectivity index (χ3n) is 4.07. The van der Waals surface area contributed by atoms with Crippen LogP contribution in [-0.2, 0) is 0 Å². The Labute approximate surface area is 115 Å². The second-order valence-corrected chi connectivity index (χ2v) is 6.17. The van der Waals surface area contributed by atoms with Crippen molar-refractivity contribution in [1.82, 2.24) is 10.2 Å². The minimum absolute atomic E-state index is 0.273. The van der Waals surface area contributed by atoms with E-state index in [1.807, 2.05) is 12.1 Å². The summed E-state index contributed by atoms with van der Waals surface area (Å²) >= 11 is 5.93. The average molecular weight is 267 g/mol. The number of likely N-dealkylation sites (N-methyl/N-ethyl adjacent to an activating group) is 1. The number of nitrogens with zero attached hydrogens (tertiary/aromatic N) is 1. The molecule has 0 aromatic heterocycles. The molecule has 2 rings (SSSR count). The summed E-state index contributed by atoms with van der Waals surface area (Å²) in [4.78, 5) is 2.42. The van der Waals surface area contributed by atoms with Gasteiger partial charge in [-0.05, 0) is 58.0 Å². The number of hydrogen-bond acceptors (Lipinski definition) is 2. The van der Waals surface area contributed by atoms with Crippen LogP contribution in [0.1, 0.15) is 38.3 Å². The van der Waals surface area contributed by atoms with E-state index >= 15 is 0 Å². The van der Waals surface area contributed by atoms with Gasteiger partial charge in [0.1, 0.15) is 0 Å². The highest BCUT2D eigenvalue weighted by molar-refractivity contribution is 6.30. The third kappa shape index (κ3) is 3.25. The molecule has 1 saturated heterocycles. The lowest BCUT2D eigenvalue weighted by molar-refractivity contribution is 0.194. The van der Waals surface area contributed by atoms with Crippen LogP contribution < -0.4 is 5.32 Å². The van der Waals surface area contributed by atoms with Crippen LogP contribution in [0.5, 0.6) is 0 Å². The molecule has 0 aliphatic carbocycles. The minimum Gasteiger partial charge on any atom is -0.310 e. The highest BCUT2D eigenvalue weighted by Crippen LogP contribution is 2.25. The van der Waals surface area contributed by atoms with Gasteiger partial charge >= 0.3 is 0 Å². The van der Waals surface area contributed by atoms with E-state index in [4.69, 9.17) is 11.6 Å². The summed E-state index contributed by atoms with van der Waals surface area (Å²) in [5.74, 6) is 0. The largest absolute Gasteiger partial charge is 0.310 e. The predicted octanol–water partition coefficient (Wildman–Crippen LogP) is 3.47. The molecular formula is C15H23ClN2. The Morgan fingerprint density at radius 3 is 2.61 bits per heavy atom. The average Bonchev–Trinajstić information content (AvgIpc) is 2.76. The van der Waals surface area contributed by atoms with E-state index in [-0.39, 0.29) is 5.54 Å². The monoisotopic (exact) mass is 266 g/mol. The summed E-state index contributed by atoms with van der Waals surface area (Å²) < 4.78 is 0. The molecule has 2 nitrogen and oxygen atoms in total. The molecule has 2 unspecified atom stereocenters. The van der Waals surface area contributed by atoms with E-state index < -0.39 is 0 Å². The van der Waals surface area contributed by atoms with Crippen LogP contribution in [0.2, 0.25) is 5.02 Å². The third-order valence-corrected chi connectivity index (χ3v) is 4.32. The van der Waals surface area contributed by atoms with Crippen molar-refractivity contribution >= 4 is 11.6 Å². The second kappa shape index (κ2) is 5.60. The molecular weight excluding hydrogens is 244 g/mol. The normalized spacial score (nSPS) is 25.6. The molecule has 3 heteroatoms. The van der Waals surface area contributed by atoms with Crippen LogP contribution in [0.3, 0.4) is 0 Å². The Balaban J connectivity index is 1.99. The molecule has 0 spiro atoms. The summed E-state index contributed by atoms with van der Waals surface area (Å²) in [6, 6.07) is 8.59. The molecule has 100 valence electrons. The fourth-order valence-corrected chi connectivity index (χ4v) is 2.90. The molecule has 1 aliphatic rings. The van der Waals surface area contributed by atoms with Gasteiger partial charge in [0.2, 0.25) is 0 Å². The number of nitrogens with one attached hydrogen (secondary N) is 1. The Kier molecular flexibility index (Phi) is 4.31.